The van der Waals surface area contributed by atoms with Crippen LogP contribution < -0.4 is 16.0 Å². The highest BCUT2D eigenvalue weighted by molar-refractivity contribution is 5.93. The van der Waals surface area contributed by atoms with E-state index in [9.17, 15) is 9.59 Å². The third-order valence-corrected chi connectivity index (χ3v) is 5.14. The number of carbonyl (C=O) groups is 2. The second-order valence-electron chi connectivity index (χ2n) is 9.29. The molecule has 3 aromatic rings. The first-order valence-corrected chi connectivity index (χ1v) is 10.7. The first kappa shape index (κ1) is 26.1. The highest BCUT2D eigenvalue weighted by Crippen LogP contribution is 2.31. The number of benzene rings is 1. The standard InChI is InChI=1S/C25H31N5O2.ClH/c1-15-7-8-19(30-24(32)26-10-9-25(4,5)6)12-20(15)21-11-18-14-27-23(29-17(3)31)13-22(18)28-16(21)2;/h7-8,11-14H,9-10H2,1-6H3,(H2,26,30,32)(H,27,29,31);1H. The lowest BCUT2D eigenvalue weighted by atomic mass is 9.92. The Bertz CT molecular complexity index is 1170. The summed E-state index contributed by atoms with van der Waals surface area (Å²) in [6, 6.07) is 9.44. The molecule has 8 heteroatoms. The molecular weight excluding hydrogens is 438 g/mol. The number of aromatic nitrogens is 2. The zero-order chi connectivity index (χ0) is 23.5. The largest absolute Gasteiger partial charge is 0.338 e. The normalized spacial score (nSPS) is 11.0. The van der Waals surface area contributed by atoms with Crippen molar-refractivity contribution in [3.63, 3.8) is 0 Å². The van der Waals surface area contributed by atoms with E-state index in [1.807, 2.05) is 38.1 Å². The Balaban J connectivity index is 0.00000385. The molecule has 3 N–H and O–H groups in total. The number of fused-ring (bicyclic) bond motifs is 1. The van der Waals surface area contributed by atoms with E-state index < -0.39 is 0 Å². The Hall–Kier alpha value is -3.19. The third-order valence-electron chi connectivity index (χ3n) is 5.14. The maximum Gasteiger partial charge on any atom is 0.319 e. The van der Waals surface area contributed by atoms with E-state index in [4.69, 9.17) is 4.98 Å². The lowest BCUT2D eigenvalue weighted by Crippen LogP contribution is -2.31. The second kappa shape index (κ2) is 10.6. The molecule has 0 saturated carbocycles. The van der Waals surface area contributed by atoms with E-state index in [1.165, 1.54) is 6.92 Å². The summed E-state index contributed by atoms with van der Waals surface area (Å²) >= 11 is 0. The van der Waals surface area contributed by atoms with Gasteiger partial charge in [-0.25, -0.2) is 9.78 Å². The minimum Gasteiger partial charge on any atom is -0.338 e. The van der Waals surface area contributed by atoms with Gasteiger partial charge in [0.2, 0.25) is 5.91 Å². The van der Waals surface area contributed by atoms with Crippen LogP contribution in [0.25, 0.3) is 22.0 Å². The summed E-state index contributed by atoms with van der Waals surface area (Å²) in [6.07, 6.45) is 2.61. The van der Waals surface area contributed by atoms with Crippen molar-refractivity contribution >= 4 is 46.8 Å². The van der Waals surface area contributed by atoms with Gasteiger partial charge in [-0.05, 0) is 55.0 Å². The zero-order valence-electron chi connectivity index (χ0n) is 20.0. The molecular formula is C25H32ClN5O2. The smallest absolute Gasteiger partial charge is 0.319 e. The molecule has 2 aromatic heterocycles. The fourth-order valence-electron chi connectivity index (χ4n) is 3.40. The number of pyridine rings is 2. The Morgan fingerprint density at radius 2 is 1.73 bits per heavy atom. The Kier molecular flexibility index (Phi) is 8.39. The predicted octanol–water partition coefficient (Wildman–Crippen LogP) is 5.85. The first-order valence-electron chi connectivity index (χ1n) is 10.7. The summed E-state index contributed by atoms with van der Waals surface area (Å²) in [6.45, 7) is 12.5. The summed E-state index contributed by atoms with van der Waals surface area (Å²) < 4.78 is 0. The number of anilines is 2. The van der Waals surface area contributed by atoms with Crippen molar-refractivity contribution in [2.24, 2.45) is 5.41 Å². The number of nitrogens with one attached hydrogen (secondary N) is 3. The minimum atomic E-state index is -0.216. The Morgan fingerprint density at radius 3 is 2.39 bits per heavy atom. The van der Waals surface area contributed by atoms with Gasteiger partial charge in [0.25, 0.3) is 0 Å². The Labute approximate surface area is 201 Å². The van der Waals surface area contributed by atoms with Crippen molar-refractivity contribution in [3.05, 3.63) is 47.8 Å². The number of carbonyl (C=O) groups excluding carboxylic acids is 2. The van der Waals surface area contributed by atoms with Gasteiger partial charge in [-0.15, -0.1) is 12.4 Å². The van der Waals surface area contributed by atoms with Crippen LogP contribution in [0, 0.1) is 19.3 Å². The van der Waals surface area contributed by atoms with Gasteiger partial charge >= 0.3 is 6.03 Å². The molecule has 3 rings (SSSR count). The molecule has 33 heavy (non-hydrogen) atoms. The monoisotopic (exact) mass is 469 g/mol. The van der Waals surface area contributed by atoms with Crippen LogP contribution in [0.15, 0.2) is 36.5 Å². The summed E-state index contributed by atoms with van der Waals surface area (Å²) in [4.78, 5) is 32.6. The van der Waals surface area contributed by atoms with Gasteiger partial charge < -0.3 is 16.0 Å². The van der Waals surface area contributed by atoms with Crippen LogP contribution in [-0.4, -0.2) is 28.5 Å². The van der Waals surface area contributed by atoms with Gasteiger partial charge in [-0.2, -0.15) is 0 Å². The minimum absolute atomic E-state index is 0. The van der Waals surface area contributed by atoms with E-state index in [2.05, 4.69) is 41.7 Å². The molecule has 0 radical (unpaired) electrons. The molecule has 0 saturated heterocycles. The average molecular weight is 470 g/mol. The second-order valence-corrected chi connectivity index (χ2v) is 9.29. The van der Waals surface area contributed by atoms with E-state index >= 15 is 0 Å². The van der Waals surface area contributed by atoms with Gasteiger partial charge in [-0.3, -0.25) is 9.78 Å². The number of hydrogen-bond donors (Lipinski definition) is 3. The molecule has 1 aromatic carbocycles. The number of rotatable bonds is 5. The number of nitrogens with zero attached hydrogens (tertiary/aromatic N) is 2. The van der Waals surface area contributed by atoms with Gasteiger partial charge in [0.15, 0.2) is 0 Å². The van der Waals surface area contributed by atoms with Crippen molar-refractivity contribution in [3.8, 4) is 11.1 Å². The van der Waals surface area contributed by atoms with Crippen LogP contribution in [0.3, 0.4) is 0 Å². The van der Waals surface area contributed by atoms with Crippen molar-refractivity contribution in [2.45, 2.75) is 48.0 Å². The Morgan fingerprint density at radius 1 is 1.00 bits per heavy atom. The van der Waals surface area contributed by atoms with Crippen molar-refractivity contribution in [2.75, 3.05) is 17.2 Å². The molecule has 0 aliphatic heterocycles. The molecule has 2 heterocycles. The number of halogens is 1. The van der Waals surface area contributed by atoms with Crippen LogP contribution in [0.2, 0.25) is 0 Å². The van der Waals surface area contributed by atoms with E-state index in [-0.39, 0.29) is 29.8 Å². The zero-order valence-corrected chi connectivity index (χ0v) is 20.8. The third kappa shape index (κ3) is 7.15. The van der Waals surface area contributed by atoms with Gasteiger partial charge in [0.05, 0.1) is 5.52 Å². The summed E-state index contributed by atoms with van der Waals surface area (Å²) in [5.41, 5.74) is 5.55. The number of hydrogen-bond acceptors (Lipinski definition) is 4. The fraction of sp³-hybridized carbons (Fsp3) is 0.360. The molecule has 176 valence electrons. The van der Waals surface area contributed by atoms with Crippen molar-refractivity contribution < 1.29 is 9.59 Å². The van der Waals surface area contributed by atoms with Crippen LogP contribution in [0.1, 0.15) is 45.4 Å². The highest BCUT2D eigenvalue weighted by atomic mass is 35.5. The lowest BCUT2D eigenvalue weighted by molar-refractivity contribution is -0.114. The van der Waals surface area contributed by atoms with Crippen molar-refractivity contribution in [1.82, 2.24) is 15.3 Å². The SMILES string of the molecule is CC(=O)Nc1cc2nc(C)c(-c3cc(NC(=O)NCCC(C)(C)C)ccc3C)cc2cn1.Cl. The van der Waals surface area contributed by atoms with Gasteiger partial charge in [0, 0.05) is 48.1 Å². The molecule has 0 bridgehead atoms. The predicted molar refractivity (Wildman–Crippen MR) is 137 cm³/mol. The quantitative estimate of drug-likeness (QED) is 0.436. The first-order chi connectivity index (χ1) is 15.0. The summed E-state index contributed by atoms with van der Waals surface area (Å²) in [7, 11) is 0. The van der Waals surface area contributed by atoms with Crippen LogP contribution in [-0.2, 0) is 4.79 Å². The highest BCUT2D eigenvalue weighted by Gasteiger charge is 2.13. The molecule has 0 aliphatic rings. The van der Waals surface area contributed by atoms with Crippen LogP contribution in [0.5, 0.6) is 0 Å². The van der Waals surface area contributed by atoms with Crippen molar-refractivity contribution in [1.29, 1.82) is 0 Å². The van der Waals surface area contributed by atoms with Gasteiger partial charge in [-0.1, -0.05) is 26.8 Å². The fourth-order valence-corrected chi connectivity index (χ4v) is 3.40. The molecule has 0 fully saturated rings. The topological polar surface area (TPSA) is 96.0 Å². The van der Waals surface area contributed by atoms with E-state index in [0.717, 1.165) is 45.4 Å². The number of urea groups is 1. The molecule has 0 spiro atoms. The van der Waals surface area contributed by atoms with E-state index in [1.54, 1.807) is 12.3 Å². The van der Waals surface area contributed by atoms with Gasteiger partial charge in [0.1, 0.15) is 5.82 Å². The average Bonchev–Trinajstić information content (AvgIpc) is 2.67. The van der Waals surface area contributed by atoms with Crippen LogP contribution >= 0.6 is 12.4 Å². The number of aryl methyl sites for hydroxylation is 2. The summed E-state index contributed by atoms with van der Waals surface area (Å²) in [5.74, 6) is 0.303. The number of amides is 3. The molecule has 0 unspecified atom stereocenters. The van der Waals surface area contributed by atoms with Crippen LogP contribution in [0.4, 0.5) is 16.3 Å². The van der Waals surface area contributed by atoms with E-state index in [0.29, 0.717) is 12.4 Å². The maximum absolute atomic E-state index is 12.3. The molecule has 0 aliphatic carbocycles. The molecule has 0 atom stereocenters. The molecule has 3 amide bonds. The maximum atomic E-state index is 12.3. The molecule has 7 nitrogen and oxygen atoms in total. The lowest BCUT2D eigenvalue weighted by Gasteiger charge is -2.18. The summed E-state index contributed by atoms with van der Waals surface area (Å²) in [5, 5.41) is 9.40.